The Morgan fingerprint density at radius 2 is 1.49 bits per heavy atom. The summed E-state index contributed by atoms with van der Waals surface area (Å²) in [6.07, 6.45) is 0. The van der Waals surface area contributed by atoms with E-state index >= 15 is 0 Å². The first-order valence-electron chi connectivity index (χ1n) is 13.2. The number of carbonyl (C=O) groups excluding carboxylic acids is 2. The number of para-hydroxylation sites is 1. The van der Waals surface area contributed by atoms with E-state index in [9.17, 15) is 9.59 Å². The van der Waals surface area contributed by atoms with Crippen LogP contribution in [-0.4, -0.2) is 45.9 Å². The molecular formula is C32H31N5O4. The van der Waals surface area contributed by atoms with Crippen LogP contribution >= 0.6 is 0 Å². The molecule has 0 aliphatic carbocycles. The minimum Gasteiger partial charge on any atom is -0.493 e. The zero-order valence-corrected chi connectivity index (χ0v) is 22.9. The molecule has 1 N–H and O–H groups in total. The van der Waals surface area contributed by atoms with Crippen molar-refractivity contribution in [1.82, 2.24) is 25.2 Å². The summed E-state index contributed by atoms with van der Waals surface area (Å²) in [5.74, 6) is 0.364. The molecule has 1 aromatic heterocycles. The lowest BCUT2D eigenvalue weighted by molar-refractivity contribution is -0.142. The van der Waals surface area contributed by atoms with Crippen molar-refractivity contribution in [2.24, 2.45) is 0 Å². The number of nitrogens with zero attached hydrogens (tertiary/aromatic N) is 4. The Bertz CT molecular complexity index is 1620. The first-order chi connectivity index (χ1) is 20.1. The third-order valence-corrected chi connectivity index (χ3v) is 6.81. The van der Waals surface area contributed by atoms with Crippen molar-refractivity contribution in [2.45, 2.75) is 25.7 Å². The van der Waals surface area contributed by atoms with Crippen LogP contribution in [0.15, 0.2) is 103 Å². The second-order valence-corrected chi connectivity index (χ2v) is 9.46. The molecule has 0 aliphatic heterocycles. The standard InChI is InChI=1S/C32H31N5O4/c1-40-28-18-17-25(19-29(28)41-2)31(32(39)33-20-23-11-5-3-6-12-23)36(21-24-13-7-4-8-14-24)30(38)22-37-27-16-10-9-15-26(27)34-35-37/h3-19,31H,20-22H2,1-2H3,(H,33,39)/t31-/m1/s1. The molecule has 208 valence electrons. The molecule has 0 spiro atoms. The average Bonchev–Trinajstić information content (AvgIpc) is 3.43. The van der Waals surface area contributed by atoms with Gasteiger partial charge in [-0.3, -0.25) is 9.59 Å². The van der Waals surface area contributed by atoms with Crippen LogP contribution in [0.25, 0.3) is 11.0 Å². The molecule has 41 heavy (non-hydrogen) atoms. The number of hydrogen-bond donors (Lipinski definition) is 1. The van der Waals surface area contributed by atoms with Crippen molar-refractivity contribution < 1.29 is 19.1 Å². The summed E-state index contributed by atoms with van der Waals surface area (Å²) in [4.78, 5) is 29.7. The van der Waals surface area contributed by atoms with Gasteiger partial charge in [-0.25, -0.2) is 4.68 Å². The molecular weight excluding hydrogens is 518 g/mol. The number of nitrogens with one attached hydrogen (secondary N) is 1. The number of methoxy groups -OCH3 is 2. The predicted octanol–water partition coefficient (Wildman–Crippen LogP) is 4.54. The number of ether oxygens (including phenoxy) is 2. The van der Waals surface area contributed by atoms with Crippen LogP contribution in [0.1, 0.15) is 22.7 Å². The number of carbonyl (C=O) groups is 2. The highest BCUT2D eigenvalue weighted by molar-refractivity contribution is 5.89. The fourth-order valence-electron chi connectivity index (χ4n) is 4.73. The third kappa shape index (κ3) is 6.36. The summed E-state index contributed by atoms with van der Waals surface area (Å²) in [5, 5.41) is 11.4. The van der Waals surface area contributed by atoms with E-state index < -0.39 is 6.04 Å². The molecule has 0 fully saturated rings. The van der Waals surface area contributed by atoms with Gasteiger partial charge in [-0.05, 0) is 41.0 Å². The Labute approximate surface area is 238 Å². The molecule has 0 radical (unpaired) electrons. The normalized spacial score (nSPS) is 11.6. The fraction of sp³-hybridized carbons (Fsp3) is 0.188. The molecule has 9 nitrogen and oxygen atoms in total. The van der Waals surface area contributed by atoms with Gasteiger partial charge in [0.15, 0.2) is 11.5 Å². The minimum absolute atomic E-state index is 0.0941. The molecule has 0 saturated heterocycles. The van der Waals surface area contributed by atoms with Gasteiger partial charge in [-0.15, -0.1) is 5.10 Å². The first kappa shape index (κ1) is 27.4. The molecule has 5 rings (SSSR count). The van der Waals surface area contributed by atoms with Crippen molar-refractivity contribution in [3.63, 3.8) is 0 Å². The predicted molar refractivity (Wildman–Crippen MR) is 155 cm³/mol. The zero-order chi connectivity index (χ0) is 28.6. The third-order valence-electron chi connectivity index (χ3n) is 6.81. The van der Waals surface area contributed by atoms with Crippen molar-refractivity contribution in [3.8, 4) is 11.5 Å². The summed E-state index contributed by atoms with van der Waals surface area (Å²) < 4.78 is 12.5. The highest BCUT2D eigenvalue weighted by Crippen LogP contribution is 2.33. The van der Waals surface area contributed by atoms with E-state index in [4.69, 9.17) is 9.47 Å². The number of amides is 2. The topological polar surface area (TPSA) is 98.6 Å². The van der Waals surface area contributed by atoms with E-state index in [1.165, 1.54) is 7.11 Å². The average molecular weight is 550 g/mol. The van der Waals surface area contributed by atoms with E-state index in [1.54, 1.807) is 34.9 Å². The summed E-state index contributed by atoms with van der Waals surface area (Å²) in [6.45, 7) is 0.414. The molecule has 0 bridgehead atoms. The SMILES string of the molecule is COc1ccc([C@H](C(=O)NCc2ccccc2)N(Cc2ccccc2)C(=O)Cn2nnc3ccccc32)cc1OC. The lowest BCUT2D eigenvalue weighted by atomic mass is 10.0. The van der Waals surface area contributed by atoms with Crippen molar-refractivity contribution >= 4 is 22.8 Å². The Hall–Kier alpha value is -5.18. The Kier molecular flexibility index (Phi) is 8.54. The van der Waals surface area contributed by atoms with Gasteiger partial charge in [0.1, 0.15) is 18.1 Å². The van der Waals surface area contributed by atoms with Crippen LogP contribution < -0.4 is 14.8 Å². The smallest absolute Gasteiger partial charge is 0.247 e. The summed E-state index contributed by atoms with van der Waals surface area (Å²) in [5.41, 5.74) is 3.83. The molecule has 1 atom stereocenters. The summed E-state index contributed by atoms with van der Waals surface area (Å²) >= 11 is 0. The van der Waals surface area contributed by atoms with Crippen LogP contribution in [-0.2, 0) is 29.2 Å². The van der Waals surface area contributed by atoms with Crippen molar-refractivity contribution in [3.05, 3.63) is 120 Å². The molecule has 0 unspecified atom stereocenters. The summed E-state index contributed by atoms with van der Waals surface area (Å²) in [6, 6.07) is 31.0. The Morgan fingerprint density at radius 3 is 2.20 bits per heavy atom. The van der Waals surface area contributed by atoms with Gasteiger partial charge in [0.2, 0.25) is 11.8 Å². The highest BCUT2D eigenvalue weighted by atomic mass is 16.5. The molecule has 4 aromatic carbocycles. The van der Waals surface area contributed by atoms with E-state index in [2.05, 4.69) is 15.6 Å². The Morgan fingerprint density at radius 1 is 0.829 bits per heavy atom. The maximum atomic E-state index is 14.1. The molecule has 1 heterocycles. The van der Waals surface area contributed by atoms with Gasteiger partial charge >= 0.3 is 0 Å². The lowest BCUT2D eigenvalue weighted by Gasteiger charge is -2.32. The van der Waals surface area contributed by atoms with Gasteiger partial charge in [0.25, 0.3) is 0 Å². The molecule has 0 aliphatic rings. The van der Waals surface area contributed by atoms with Crippen LogP contribution in [0.3, 0.4) is 0 Å². The largest absolute Gasteiger partial charge is 0.493 e. The maximum Gasteiger partial charge on any atom is 0.247 e. The quantitative estimate of drug-likeness (QED) is 0.260. The second-order valence-electron chi connectivity index (χ2n) is 9.46. The number of benzene rings is 4. The van der Waals surface area contributed by atoms with Crippen LogP contribution in [0.4, 0.5) is 0 Å². The van der Waals surface area contributed by atoms with Crippen LogP contribution in [0.5, 0.6) is 11.5 Å². The fourth-order valence-corrected chi connectivity index (χ4v) is 4.73. The monoisotopic (exact) mass is 549 g/mol. The van der Waals surface area contributed by atoms with Gasteiger partial charge in [-0.1, -0.05) is 84.1 Å². The first-order valence-corrected chi connectivity index (χ1v) is 13.2. The lowest BCUT2D eigenvalue weighted by Crippen LogP contribution is -2.44. The van der Waals surface area contributed by atoms with Gasteiger partial charge < -0.3 is 19.7 Å². The number of aromatic nitrogens is 3. The minimum atomic E-state index is -0.971. The van der Waals surface area contributed by atoms with Crippen LogP contribution in [0, 0.1) is 0 Å². The van der Waals surface area contributed by atoms with Crippen molar-refractivity contribution in [2.75, 3.05) is 14.2 Å². The van der Waals surface area contributed by atoms with E-state index in [1.807, 2.05) is 84.9 Å². The summed E-state index contributed by atoms with van der Waals surface area (Å²) in [7, 11) is 3.09. The van der Waals surface area contributed by atoms with Crippen LogP contribution in [0.2, 0.25) is 0 Å². The van der Waals surface area contributed by atoms with Gasteiger partial charge in [0, 0.05) is 13.1 Å². The van der Waals surface area contributed by atoms with E-state index in [0.717, 1.165) is 16.6 Å². The van der Waals surface area contributed by atoms with Gasteiger partial charge in [-0.2, -0.15) is 0 Å². The second kappa shape index (κ2) is 12.8. The van der Waals surface area contributed by atoms with E-state index in [-0.39, 0.29) is 24.9 Å². The Balaban J connectivity index is 1.55. The number of fused-ring (bicyclic) bond motifs is 1. The zero-order valence-electron chi connectivity index (χ0n) is 22.9. The number of hydrogen-bond acceptors (Lipinski definition) is 6. The van der Waals surface area contributed by atoms with E-state index in [0.29, 0.717) is 29.1 Å². The number of rotatable bonds is 11. The molecule has 9 heteroatoms. The molecule has 0 saturated carbocycles. The highest BCUT2D eigenvalue weighted by Gasteiger charge is 2.33. The van der Waals surface area contributed by atoms with Gasteiger partial charge in [0.05, 0.1) is 19.7 Å². The molecule has 2 amide bonds. The maximum absolute atomic E-state index is 14.1. The van der Waals surface area contributed by atoms with Crippen molar-refractivity contribution in [1.29, 1.82) is 0 Å². The molecule has 5 aromatic rings.